The molecule has 32 heavy (non-hydrogen) atoms. The summed E-state index contributed by atoms with van der Waals surface area (Å²) in [6.45, 7) is 8.24. The van der Waals surface area contributed by atoms with Crippen LogP contribution in [0.15, 0.2) is 109 Å². The Balaban J connectivity index is 1.42. The molecule has 2 heteroatoms. The van der Waals surface area contributed by atoms with Crippen molar-refractivity contribution in [1.29, 1.82) is 0 Å². The third kappa shape index (κ3) is 5.39. The highest BCUT2D eigenvalue weighted by Crippen LogP contribution is 2.23. The summed E-state index contributed by atoms with van der Waals surface area (Å²) >= 11 is 0. The van der Waals surface area contributed by atoms with Gasteiger partial charge in [-0.25, -0.2) is 0 Å². The maximum atomic E-state index is 2.40. The van der Waals surface area contributed by atoms with Crippen LogP contribution in [0.2, 0.25) is 0 Å². The lowest BCUT2D eigenvalue weighted by molar-refractivity contribution is 0.832. The van der Waals surface area contributed by atoms with Gasteiger partial charge in [0.1, 0.15) is 0 Å². The Morgan fingerprint density at radius 3 is 1.09 bits per heavy atom. The van der Waals surface area contributed by atoms with E-state index < -0.39 is 0 Å². The fourth-order valence-corrected chi connectivity index (χ4v) is 4.09. The molecule has 0 bridgehead atoms. The van der Waals surface area contributed by atoms with E-state index in [2.05, 4.69) is 133 Å². The van der Waals surface area contributed by atoms with Crippen LogP contribution >= 0.6 is 0 Å². The maximum absolute atomic E-state index is 2.40. The second-order valence-electron chi connectivity index (χ2n) is 8.09. The van der Waals surface area contributed by atoms with Gasteiger partial charge in [-0.05, 0) is 60.4 Å². The average molecular weight is 421 g/mol. The van der Waals surface area contributed by atoms with E-state index in [1.807, 2.05) is 0 Å². The van der Waals surface area contributed by atoms with Crippen molar-refractivity contribution in [2.24, 2.45) is 0 Å². The van der Waals surface area contributed by atoms with Gasteiger partial charge in [0.25, 0.3) is 0 Å². The van der Waals surface area contributed by atoms with E-state index in [0.717, 1.165) is 26.2 Å². The highest BCUT2D eigenvalue weighted by Gasteiger charge is 2.07. The van der Waals surface area contributed by atoms with Gasteiger partial charge in [0.15, 0.2) is 0 Å². The van der Waals surface area contributed by atoms with Crippen LogP contribution in [0.4, 0.5) is 11.4 Å². The largest absolute Gasteiger partial charge is 0.367 e. The Morgan fingerprint density at radius 2 is 0.781 bits per heavy atom. The van der Waals surface area contributed by atoms with E-state index in [9.17, 15) is 0 Å². The normalized spacial score (nSPS) is 10.7. The van der Waals surface area contributed by atoms with Crippen LogP contribution in [0.1, 0.15) is 25.0 Å². The fraction of sp³-hybridized carbons (Fsp3) is 0.200. The quantitative estimate of drug-likeness (QED) is 0.278. The first-order valence-electron chi connectivity index (χ1n) is 11.5. The molecule has 0 fully saturated rings. The molecule has 0 saturated carbocycles. The molecule has 0 radical (unpaired) electrons. The smallest absolute Gasteiger partial charge is 0.0429 e. The van der Waals surface area contributed by atoms with Crippen LogP contribution in [0.5, 0.6) is 0 Å². The molecule has 0 aliphatic carbocycles. The number of para-hydroxylation sites is 2. The lowest BCUT2D eigenvalue weighted by Crippen LogP contribution is -2.21. The van der Waals surface area contributed by atoms with E-state index >= 15 is 0 Å². The number of benzene rings is 4. The topological polar surface area (TPSA) is 6.48 Å². The Labute approximate surface area is 192 Å². The van der Waals surface area contributed by atoms with E-state index in [1.165, 1.54) is 33.6 Å². The third-order valence-corrected chi connectivity index (χ3v) is 5.99. The van der Waals surface area contributed by atoms with E-state index in [-0.39, 0.29) is 0 Å². The summed E-state index contributed by atoms with van der Waals surface area (Å²) < 4.78 is 0. The van der Waals surface area contributed by atoms with E-state index in [4.69, 9.17) is 0 Å². The summed E-state index contributed by atoms with van der Waals surface area (Å²) in [6.07, 6.45) is 0. The summed E-state index contributed by atoms with van der Waals surface area (Å²) in [5.41, 5.74) is 7.73. The fourth-order valence-electron chi connectivity index (χ4n) is 4.09. The third-order valence-electron chi connectivity index (χ3n) is 5.99. The van der Waals surface area contributed by atoms with Crippen LogP contribution in [-0.4, -0.2) is 13.1 Å². The molecule has 0 amide bonds. The van der Waals surface area contributed by atoms with Gasteiger partial charge in [-0.15, -0.1) is 0 Å². The predicted molar refractivity (Wildman–Crippen MR) is 138 cm³/mol. The Hall–Kier alpha value is -3.52. The zero-order valence-electron chi connectivity index (χ0n) is 19.1. The number of nitrogens with zero attached hydrogens (tertiary/aromatic N) is 2. The number of anilines is 2. The molecule has 0 atom stereocenters. The van der Waals surface area contributed by atoms with Crippen molar-refractivity contribution in [3.63, 3.8) is 0 Å². The van der Waals surface area contributed by atoms with Gasteiger partial charge in [-0.2, -0.15) is 0 Å². The highest BCUT2D eigenvalue weighted by molar-refractivity contribution is 5.64. The number of hydrogen-bond donors (Lipinski definition) is 0. The van der Waals surface area contributed by atoms with Crippen LogP contribution in [0.25, 0.3) is 11.1 Å². The van der Waals surface area contributed by atoms with Crippen molar-refractivity contribution >= 4 is 11.4 Å². The molecule has 0 spiro atoms. The molecule has 0 aliphatic heterocycles. The molecule has 0 N–H and O–H groups in total. The second kappa shape index (κ2) is 10.7. The summed E-state index contributed by atoms with van der Waals surface area (Å²) in [5, 5.41) is 0. The zero-order valence-corrected chi connectivity index (χ0v) is 19.1. The lowest BCUT2D eigenvalue weighted by Gasteiger charge is -2.23. The SMILES string of the molecule is CCN(Cc1ccc(-c2ccc(CN(CC)c3ccccc3)cc2)cc1)c1ccccc1. The predicted octanol–water partition coefficient (Wildman–Crippen LogP) is 7.41. The number of hydrogen-bond acceptors (Lipinski definition) is 2. The molecule has 4 aromatic carbocycles. The average Bonchev–Trinajstić information content (AvgIpc) is 2.87. The summed E-state index contributed by atoms with van der Waals surface area (Å²) in [5.74, 6) is 0. The first kappa shape index (κ1) is 21.7. The monoisotopic (exact) mass is 420 g/mol. The van der Waals surface area contributed by atoms with Gasteiger partial charge in [0.05, 0.1) is 0 Å². The Kier molecular flexibility index (Phi) is 7.24. The lowest BCUT2D eigenvalue weighted by atomic mass is 10.0. The van der Waals surface area contributed by atoms with Crippen molar-refractivity contribution in [1.82, 2.24) is 0 Å². The van der Waals surface area contributed by atoms with Crippen molar-refractivity contribution in [2.75, 3.05) is 22.9 Å². The molecular weight excluding hydrogens is 388 g/mol. The zero-order chi connectivity index (χ0) is 22.2. The maximum Gasteiger partial charge on any atom is 0.0429 e. The molecule has 0 aromatic heterocycles. The molecule has 2 nitrogen and oxygen atoms in total. The van der Waals surface area contributed by atoms with Crippen molar-refractivity contribution in [3.05, 3.63) is 120 Å². The highest BCUT2D eigenvalue weighted by atomic mass is 15.1. The minimum atomic E-state index is 0.923. The minimum Gasteiger partial charge on any atom is -0.367 e. The van der Waals surface area contributed by atoms with Gasteiger partial charge < -0.3 is 9.80 Å². The van der Waals surface area contributed by atoms with E-state index in [0.29, 0.717) is 0 Å². The molecule has 0 saturated heterocycles. The first-order valence-corrected chi connectivity index (χ1v) is 11.5. The Bertz CT molecular complexity index is 980. The van der Waals surface area contributed by atoms with Crippen molar-refractivity contribution in [2.45, 2.75) is 26.9 Å². The van der Waals surface area contributed by atoms with Gasteiger partial charge >= 0.3 is 0 Å². The van der Waals surface area contributed by atoms with Crippen LogP contribution in [0, 0.1) is 0 Å². The van der Waals surface area contributed by atoms with Crippen molar-refractivity contribution in [3.8, 4) is 11.1 Å². The van der Waals surface area contributed by atoms with Crippen molar-refractivity contribution < 1.29 is 0 Å². The molecule has 0 aliphatic rings. The standard InChI is InChI=1S/C30H32N2/c1-3-31(29-11-7-5-8-12-29)23-25-15-19-27(20-16-25)28-21-17-26(18-22-28)24-32(4-2)30-13-9-6-10-14-30/h5-22H,3-4,23-24H2,1-2H3. The molecule has 0 heterocycles. The van der Waals surface area contributed by atoms with Gasteiger partial charge in [0, 0.05) is 37.6 Å². The molecule has 4 rings (SSSR count). The van der Waals surface area contributed by atoms with Gasteiger partial charge in [-0.3, -0.25) is 0 Å². The molecule has 162 valence electrons. The summed E-state index contributed by atoms with van der Waals surface area (Å²) in [6, 6.07) is 39.2. The number of rotatable bonds is 9. The molecule has 4 aromatic rings. The molecular formula is C30H32N2. The summed E-state index contributed by atoms with van der Waals surface area (Å²) in [4.78, 5) is 4.80. The van der Waals surface area contributed by atoms with Crippen LogP contribution in [-0.2, 0) is 13.1 Å². The Morgan fingerprint density at radius 1 is 0.438 bits per heavy atom. The molecule has 0 unspecified atom stereocenters. The van der Waals surface area contributed by atoms with Crippen LogP contribution < -0.4 is 9.80 Å². The van der Waals surface area contributed by atoms with E-state index in [1.54, 1.807) is 0 Å². The van der Waals surface area contributed by atoms with Gasteiger partial charge in [0.2, 0.25) is 0 Å². The van der Waals surface area contributed by atoms with Crippen LogP contribution in [0.3, 0.4) is 0 Å². The second-order valence-corrected chi connectivity index (χ2v) is 8.09. The minimum absolute atomic E-state index is 0.923. The first-order chi connectivity index (χ1) is 15.8. The summed E-state index contributed by atoms with van der Waals surface area (Å²) in [7, 11) is 0. The van der Waals surface area contributed by atoms with Gasteiger partial charge in [-0.1, -0.05) is 84.9 Å².